The number of para-hydroxylation sites is 1. The Bertz CT molecular complexity index is 572. The molecule has 4 heteroatoms. The minimum Gasteiger partial charge on any atom is -0.486 e. The molecule has 98 valence electrons. The summed E-state index contributed by atoms with van der Waals surface area (Å²) in [7, 11) is 0. The summed E-state index contributed by atoms with van der Waals surface area (Å²) < 4.78 is 12.1. The van der Waals surface area contributed by atoms with E-state index < -0.39 is 0 Å². The van der Waals surface area contributed by atoms with E-state index in [1.54, 1.807) is 0 Å². The second-order valence-electron chi connectivity index (χ2n) is 4.32. The van der Waals surface area contributed by atoms with Gasteiger partial charge in [0.1, 0.15) is 13.2 Å². The molecule has 19 heavy (non-hydrogen) atoms. The molecule has 0 atom stereocenters. The second kappa shape index (κ2) is 5.53. The molecule has 1 heterocycles. The van der Waals surface area contributed by atoms with Crippen LogP contribution in [-0.4, -0.2) is 13.2 Å². The third-order valence-corrected chi connectivity index (χ3v) is 3.52. The molecular formula is C15H14BrNO2. The van der Waals surface area contributed by atoms with E-state index in [4.69, 9.17) is 9.47 Å². The van der Waals surface area contributed by atoms with E-state index in [0.717, 1.165) is 33.8 Å². The molecule has 2 aromatic carbocycles. The molecule has 0 amide bonds. The smallest absolute Gasteiger partial charge is 0.175 e. The molecule has 3 rings (SSSR count). The van der Waals surface area contributed by atoms with Crippen LogP contribution in [0.25, 0.3) is 0 Å². The molecule has 1 aliphatic rings. The maximum Gasteiger partial charge on any atom is 0.175 e. The van der Waals surface area contributed by atoms with Crippen LogP contribution in [0.15, 0.2) is 46.9 Å². The van der Waals surface area contributed by atoms with E-state index in [1.165, 1.54) is 0 Å². The van der Waals surface area contributed by atoms with Gasteiger partial charge in [-0.25, -0.2) is 0 Å². The predicted octanol–water partition coefficient (Wildman–Crippen LogP) is 3.83. The van der Waals surface area contributed by atoms with Gasteiger partial charge in [0.2, 0.25) is 0 Å². The average molecular weight is 320 g/mol. The van der Waals surface area contributed by atoms with Crippen molar-refractivity contribution in [3.05, 3.63) is 52.5 Å². The standard InChI is InChI=1S/C15H14BrNO2/c16-13-8-11(9-14-15(13)19-7-6-18-14)10-17-12-4-2-1-3-5-12/h1-5,8-9,17H,6-7,10H2. The number of hydrogen-bond donors (Lipinski definition) is 1. The summed E-state index contributed by atoms with van der Waals surface area (Å²) in [5.74, 6) is 1.61. The molecule has 1 N–H and O–H groups in total. The van der Waals surface area contributed by atoms with Crippen molar-refractivity contribution in [1.82, 2.24) is 0 Å². The minimum atomic E-state index is 0.604. The third-order valence-electron chi connectivity index (χ3n) is 2.93. The molecular weight excluding hydrogens is 306 g/mol. The van der Waals surface area contributed by atoms with E-state index in [9.17, 15) is 0 Å². The molecule has 0 saturated carbocycles. The van der Waals surface area contributed by atoms with Crippen molar-refractivity contribution in [2.24, 2.45) is 0 Å². The largest absolute Gasteiger partial charge is 0.486 e. The van der Waals surface area contributed by atoms with Gasteiger partial charge in [0.15, 0.2) is 11.5 Å². The molecule has 0 fully saturated rings. The summed E-state index contributed by atoms with van der Waals surface area (Å²) in [4.78, 5) is 0. The van der Waals surface area contributed by atoms with Crippen LogP contribution in [0.3, 0.4) is 0 Å². The van der Waals surface area contributed by atoms with Crippen LogP contribution in [0.1, 0.15) is 5.56 Å². The Balaban J connectivity index is 1.76. The van der Waals surface area contributed by atoms with Gasteiger partial charge in [-0.15, -0.1) is 0 Å². The van der Waals surface area contributed by atoms with Gasteiger partial charge in [0.25, 0.3) is 0 Å². The minimum absolute atomic E-state index is 0.604. The van der Waals surface area contributed by atoms with E-state index >= 15 is 0 Å². The number of halogens is 1. The van der Waals surface area contributed by atoms with Gasteiger partial charge in [-0.05, 0) is 45.8 Å². The number of ether oxygens (including phenoxy) is 2. The number of anilines is 1. The first-order valence-corrected chi connectivity index (χ1v) is 6.99. The highest BCUT2D eigenvalue weighted by molar-refractivity contribution is 9.10. The fraction of sp³-hybridized carbons (Fsp3) is 0.200. The Labute approximate surface area is 120 Å². The van der Waals surface area contributed by atoms with Crippen LogP contribution in [0.2, 0.25) is 0 Å². The Morgan fingerprint density at radius 1 is 1.05 bits per heavy atom. The van der Waals surface area contributed by atoms with Gasteiger partial charge in [-0.3, -0.25) is 0 Å². The summed E-state index contributed by atoms with van der Waals surface area (Å²) in [5.41, 5.74) is 2.26. The predicted molar refractivity (Wildman–Crippen MR) is 78.9 cm³/mol. The Hall–Kier alpha value is -1.68. The van der Waals surface area contributed by atoms with Gasteiger partial charge >= 0.3 is 0 Å². The first-order chi connectivity index (χ1) is 9.33. The zero-order valence-corrected chi connectivity index (χ0v) is 11.9. The molecule has 0 bridgehead atoms. The highest BCUT2D eigenvalue weighted by Gasteiger charge is 2.16. The quantitative estimate of drug-likeness (QED) is 0.932. The Morgan fingerprint density at radius 3 is 2.68 bits per heavy atom. The van der Waals surface area contributed by atoms with Crippen molar-refractivity contribution >= 4 is 21.6 Å². The van der Waals surface area contributed by atoms with Crippen LogP contribution >= 0.6 is 15.9 Å². The third kappa shape index (κ3) is 2.84. The van der Waals surface area contributed by atoms with Crippen LogP contribution in [0.4, 0.5) is 5.69 Å². The molecule has 0 aliphatic carbocycles. The summed E-state index contributed by atoms with van der Waals surface area (Å²) in [5, 5.41) is 3.38. The first-order valence-electron chi connectivity index (χ1n) is 6.20. The molecule has 2 aromatic rings. The topological polar surface area (TPSA) is 30.5 Å². The fourth-order valence-electron chi connectivity index (χ4n) is 2.03. The second-order valence-corrected chi connectivity index (χ2v) is 5.18. The van der Waals surface area contributed by atoms with E-state index in [2.05, 4.69) is 27.3 Å². The summed E-state index contributed by atoms with van der Waals surface area (Å²) in [6.45, 7) is 1.96. The fourth-order valence-corrected chi connectivity index (χ4v) is 2.63. The zero-order chi connectivity index (χ0) is 13.1. The van der Waals surface area contributed by atoms with E-state index in [1.807, 2.05) is 36.4 Å². The number of benzene rings is 2. The normalized spacial score (nSPS) is 13.1. The Morgan fingerprint density at radius 2 is 1.84 bits per heavy atom. The van der Waals surface area contributed by atoms with Gasteiger partial charge in [0, 0.05) is 12.2 Å². The average Bonchev–Trinajstić information content (AvgIpc) is 2.46. The van der Waals surface area contributed by atoms with Crippen LogP contribution in [-0.2, 0) is 6.54 Å². The molecule has 0 spiro atoms. The van der Waals surface area contributed by atoms with E-state index in [-0.39, 0.29) is 0 Å². The maximum absolute atomic E-state index is 5.61. The lowest BCUT2D eigenvalue weighted by Gasteiger charge is -2.20. The molecule has 0 radical (unpaired) electrons. The summed E-state index contributed by atoms with van der Waals surface area (Å²) in [6.07, 6.45) is 0. The van der Waals surface area contributed by atoms with Crippen molar-refractivity contribution < 1.29 is 9.47 Å². The summed E-state index contributed by atoms with van der Waals surface area (Å²) in [6, 6.07) is 14.2. The highest BCUT2D eigenvalue weighted by Crippen LogP contribution is 2.38. The summed E-state index contributed by atoms with van der Waals surface area (Å²) >= 11 is 3.53. The van der Waals surface area contributed by atoms with Crippen molar-refractivity contribution in [1.29, 1.82) is 0 Å². The first kappa shape index (κ1) is 12.4. The monoisotopic (exact) mass is 319 g/mol. The van der Waals surface area contributed by atoms with Crippen LogP contribution < -0.4 is 14.8 Å². The lowest BCUT2D eigenvalue weighted by Crippen LogP contribution is -2.16. The SMILES string of the molecule is Brc1cc(CNc2ccccc2)cc2c1OCCO2. The van der Waals surface area contributed by atoms with E-state index in [0.29, 0.717) is 13.2 Å². The lowest BCUT2D eigenvalue weighted by molar-refractivity contribution is 0.170. The molecule has 0 unspecified atom stereocenters. The number of rotatable bonds is 3. The van der Waals surface area contributed by atoms with Gasteiger partial charge in [-0.2, -0.15) is 0 Å². The molecule has 3 nitrogen and oxygen atoms in total. The van der Waals surface area contributed by atoms with Gasteiger partial charge < -0.3 is 14.8 Å². The zero-order valence-electron chi connectivity index (χ0n) is 10.4. The Kier molecular flexibility index (Phi) is 3.60. The lowest BCUT2D eigenvalue weighted by atomic mass is 10.2. The number of hydrogen-bond acceptors (Lipinski definition) is 3. The number of nitrogens with one attached hydrogen (secondary N) is 1. The van der Waals surface area contributed by atoms with Crippen molar-refractivity contribution in [2.75, 3.05) is 18.5 Å². The maximum atomic E-state index is 5.61. The van der Waals surface area contributed by atoms with Crippen molar-refractivity contribution in [2.45, 2.75) is 6.54 Å². The van der Waals surface area contributed by atoms with Gasteiger partial charge in [-0.1, -0.05) is 18.2 Å². The molecule has 1 aliphatic heterocycles. The van der Waals surface area contributed by atoms with Crippen molar-refractivity contribution in [3.63, 3.8) is 0 Å². The van der Waals surface area contributed by atoms with Gasteiger partial charge in [0.05, 0.1) is 4.47 Å². The van der Waals surface area contributed by atoms with Crippen LogP contribution in [0, 0.1) is 0 Å². The highest BCUT2D eigenvalue weighted by atomic mass is 79.9. The number of fused-ring (bicyclic) bond motifs is 1. The molecule has 0 saturated heterocycles. The molecule has 0 aromatic heterocycles. The van der Waals surface area contributed by atoms with Crippen molar-refractivity contribution in [3.8, 4) is 11.5 Å². The van der Waals surface area contributed by atoms with Crippen LogP contribution in [0.5, 0.6) is 11.5 Å².